The first kappa shape index (κ1) is 13.6. The maximum atomic E-state index is 11.4. The van der Waals surface area contributed by atoms with Crippen LogP contribution in [0.25, 0.3) is 0 Å². The Bertz CT molecular complexity index is 443. The van der Waals surface area contributed by atoms with Gasteiger partial charge in [-0.05, 0) is 31.2 Å². The van der Waals surface area contributed by atoms with Crippen LogP contribution in [0.15, 0.2) is 29.6 Å². The summed E-state index contributed by atoms with van der Waals surface area (Å²) >= 11 is 0. The molecule has 0 unspecified atom stereocenters. The molecule has 0 aromatic heterocycles. The lowest BCUT2D eigenvalue weighted by molar-refractivity contribution is -0.135. The first-order valence-corrected chi connectivity index (χ1v) is 5.18. The van der Waals surface area contributed by atoms with Crippen LogP contribution >= 0.6 is 0 Å². The van der Waals surface area contributed by atoms with Crippen molar-refractivity contribution >= 4 is 17.6 Å². The van der Waals surface area contributed by atoms with Crippen LogP contribution in [-0.2, 0) is 9.53 Å². The number of hydrogen-bond acceptors (Lipinski definition) is 5. The van der Waals surface area contributed by atoms with Gasteiger partial charge in [0.1, 0.15) is 6.54 Å². The topological polar surface area (TPSA) is 96.3 Å². The van der Waals surface area contributed by atoms with Crippen molar-refractivity contribution in [1.29, 1.82) is 0 Å². The third-order valence-electron chi connectivity index (χ3n) is 2.06. The molecular formula is C11H12N2O5. The molecule has 96 valence electrons. The monoisotopic (exact) mass is 252 g/mol. The fourth-order valence-electron chi connectivity index (χ4n) is 1.28. The third-order valence-corrected chi connectivity index (χ3v) is 2.06. The Morgan fingerprint density at radius 2 is 1.94 bits per heavy atom. The number of carboxylic acid groups (broad SMARTS) is 1. The van der Waals surface area contributed by atoms with Crippen molar-refractivity contribution in [1.82, 2.24) is 0 Å². The quantitative estimate of drug-likeness (QED) is 0.467. The highest BCUT2D eigenvalue weighted by Crippen LogP contribution is 2.16. The Morgan fingerprint density at radius 1 is 1.33 bits per heavy atom. The van der Waals surface area contributed by atoms with Crippen molar-refractivity contribution in [3.05, 3.63) is 34.7 Å². The average Bonchev–Trinajstić information content (AvgIpc) is 2.36. The van der Waals surface area contributed by atoms with Crippen molar-refractivity contribution in [2.45, 2.75) is 6.92 Å². The number of hydrogen-bond donors (Lipinski definition) is 1. The van der Waals surface area contributed by atoms with E-state index in [9.17, 15) is 14.5 Å². The highest BCUT2D eigenvalue weighted by Gasteiger charge is 2.12. The van der Waals surface area contributed by atoms with Crippen molar-refractivity contribution < 1.29 is 19.4 Å². The van der Waals surface area contributed by atoms with Gasteiger partial charge in [-0.2, -0.15) is 0 Å². The van der Waals surface area contributed by atoms with E-state index >= 15 is 0 Å². The molecule has 7 nitrogen and oxygen atoms in total. The van der Waals surface area contributed by atoms with Crippen LogP contribution in [0.2, 0.25) is 0 Å². The molecule has 0 saturated carbocycles. The molecule has 0 amide bonds. The molecule has 1 N–H and O–H groups in total. The summed E-state index contributed by atoms with van der Waals surface area (Å²) in [6, 6.07) is 5.73. The Balaban J connectivity index is 2.83. The van der Waals surface area contributed by atoms with Gasteiger partial charge in [-0.1, -0.05) is 0 Å². The highest BCUT2D eigenvalue weighted by atomic mass is 16.5. The number of nitroso groups, excluding NO2 is 1. The van der Waals surface area contributed by atoms with Gasteiger partial charge in [0.2, 0.25) is 0 Å². The van der Waals surface area contributed by atoms with Gasteiger partial charge in [0.05, 0.1) is 23.1 Å². The summed E-state index contributed by atoms with van der Waals surface area (Å²) in [6.45, 7) is 1.42. The Labute approximate surface area is 103 Å². The van der Waals surface area contributed by atoms with Gasteiger partial charge in [0, 0.05) is 0 Å². The van der Waals surface area contributed by atoms with Crippen molar-refractivity contribution in [2.75, 3.05) is 18.2 Å². The van der Waals surface area contributed by atoms with Gasteiger partial charge < -0.3 is 9.84 Å². The smallest absolute Gasteiger partial charge is 0.338 e. The molecule has 18 heavy (non-hydrogen) atoms. The second-order valence-electron chi connectivity index (χ2n) is 3.30. The van der Waals surface area contributed by atoms with Crippen LogP contribution in [0, 0.1) is 4.91 Å². The fourth-order valence-corrected chi connectivity index (χ4v) is 1.28. The molecule has 0 atom stereocenters. The number of carbonyl (C=O) groups is 2. The normalized spacial score (nSPS) is 9.61. The van der Waals surface area contributed by atoms with E-state index in [1.54, 1.807) is 6.92 Å². The molecule has 0 radical (unpaired) electrons. The molecule has 0 fully saturated rings. The summed E-state index contributed by atoms with van der Waals surface area (Å²) in [7, 11) is 0. The first-order valence-electron chi connectivity index (χ1n) is 5.18. The van der Waals surface area contributed by atoms with E-state index in [1.165, 1.54) is 24.3 Å². The molecule has 0 saturated heterocycles. The summed E-state index contributed by atoms with van der Waals surface area (Å²) in [5, 5.41) is 11.9. The molecule has 0 bridgehead atoms. The number of benzene rings is 1. The Kier molecular flexibility index (Phi) is 4.79. The van der Waals surface area contributed by atoms with Gasteiger partial charge in [0.15, 0.2) is 0 Å². The van der Waals surface area contributed by atoms with E-state index in [-0.39, 0.29) is 6.61 Å². The predicted octanol–water partition coefficient (Wildman–Crippen LogP) is 1.44. The van der Waals surface area contributed by atoms with Gasteiger partial charge in [-0.25, -0.2) is 9.80 Å². The van der Waals surface area contributed by atoms with E-state index in [0.29, 0.717) is 11.3 Å². The number of carboxylic acids is 1. The molecule has 1 aromatic rings. The SMILES string of the molecule is CCOC(=O)c1ccc(N(CC(=O)O)N=O)cc1. The molecule has 0 heterocycles. The zero-order chi connectivity index (χ0) is 13.5. The standard InChI is InChI=1S/C11H12N2O5/c1-2-18-11(16)8-3-5-9(6-4-8)13(12-17)7-10(14)15/h3-6H,2,7H2,1H3,(H,14,15). The molecule has 0 spiro atoms. The number of ether oxygens (including phenoxy) is 1. The van der Waals surface area contributed by atoms with Crippen LogP contribution < -0.4 is 5.01 Å². The van der Waals surface area contributed by atoms with E-state index in [1.807, 2.05) is 0 Å². The second kappa shape index (κ2) is 6.33. The van der Waals surface area contributed by atoms with Crippen LogP contribution in [0.4, 0.5) is 5.69 Å². The second-order valence-corrected chi connectivity index (χ2v) is 3.30. The lowest BCUT2D eigenvalue weighted by Gasteiger charge is -2.12. The van der Waals surface area contributed by atoms with Crippen LogP contribution in [0.3, 0.4) is 0 Å². The zero-order valence-electron chi connectivity index (χ0n) is 9.70. The third kappa shape index (κ3) is 3.55. The Morgan fingerprint density at radius 3 is 2.39 bits per heavy atom. The van der Waals surface area contributed by atoms with Gasteiger partial charge in [-0.3, -0.25) is 4.79 Å². The van der Waals surface area contributed by atoms with E-state index in [4.69, 9.17) is 9.84 Å². The van der Waals surface area contributed by atoms with Gasteiger partial charge >= 0.3 is 11.9 Å². The Hall–Kier alpha value is -2.44. The average molecular weight is 252 g/mol. The molecule has 1 aromatic carbocycles. The minimum atomic E-state index is -1.18. The zero-order valence-corrected chi connectivity index (χ0v) is 9.70. The maximum Gasteiger partial charge on any atom is 0.338 e. The lowest BCUT2D eigenvalue weighted by atomic mass is 10.2. The summed E-state index contributed by atoms with van der Waals surface area (Å²) < 4.78 is 4.79. The van der Waals surface area contributed by atoms with Crippen LogP contribution in [0.1, 0.15) is 17.3 Å². The van der Waals surface area contributed by atoms with E-state index < -0.39 is 18.5 Å². The number of anilines is 1. The van der Waals surface area contributed by atoms with E-state index in [0.717, 1.165) is 5.01 Å². The molecule has 0 aliphatic carbocycles. The highest BCUT2D eigenvalue weighted by molar-refractivity contribution is 5.89. The molecule has 0 aliphatic rings. The molecule has 7 heteroatoms. The minimum absolute atomic E-state index is 0.265. The minimum Gasteiger partial charge on any atom is -0.480 e. The van der Waals surface area contributed by atoms with Crippen molar-refractivity contribution in [3.63, 3.8) is 0 Å². The number of carbonyl (C=O) groups excluding carboxylic acids is 1. The summed E-state index contributed by atoms with van der Waals surface area (Å²) in [5.41, 5.74) is 0.613. The maximum absolute atomic E-state index is 11.4. The van der Waals surface area contributed by atoms with Crippen molar-refractivity contribution in [3.8, 4) is 0 Å². The van der Waals surface area contributed by atoms with E-state index in [2.05, 4.69) is 5.29 Å². The molecule has 0 aliphatic heterocycles. The van der Waals surface area contributed by atoms with Crippen LogP contribution in [-0.4, -0.2) is 30.2 Å². The summed E-state index contributed by atoms with van der Waals surface area (Å²) in [4.78, 5) is 32.3. The summed E-state index contributed by atoms with van der Waals surface area (Å²) in [5.74, 6) is -1.66. The molecule has 1 rings (SSSR count). The first-order chi connectivity index (χ1) is 8.58. The molecular weight excluding hydrogens is 240 g/mol. The summed E-state index contributed by atoms with van der Waals surface area (Å²) in [6.07, 6.45) is 0. The largest absolute Gasteiger partial charge is 0.480 e. The fraction of sp³-hybridized carbons (Fsp3) is 0.273. The van der Waals surface area contributed by atoms with Gasteiger partial charge in [0.25, 0.3) is 0 Å². The van der Waals surface area contributed by atoms with Crippen molar-refractivity contribution in [2.24, 2.45) is 5.29 Å². The number of rotatable bonds is 6. The number of aliphatic carboxylic acids is 1. The predicted molar refractivity (Wildman–Crippen MR) is 63.2 cm³/mol. The van der Waals surface area contributed by atoms with Gasteiger partial charge in [-0.15, -0.1) is 4.91 Å². The lowest BCUT2D eigenvalue weighted by Crippen LogP contribution is -2.23. The number of esters is 1. The number of nitrogens with zero attached hydrogens (tertiary/aromatic N) is 2. The van der Waals surface area contributed by atoms with Crippen LogP contribution in [0.5, 0.6) is 0 Å².